The van der Waals surface area contributed by atoms with Crippen molar-refractivity contribution in [2.75, 3.05) is 75.9 Å². The number of hydrogen-bond acceptors (Lipinski definition) is 5. The number of halogens is 1. The third-order valence-electron chi connectivity index (χ3n) is 9.17. The third kappa shape index (κ3) is 6.22. The van der Waals surface area contributed by atoms with Crippen LogP contribution in [0.15, 0.2) is 12.1 Å². The molecular weight excluding hydrogens is 458 g/mol. The standard InChI is InChI=1S/C29H47N3O2.ClH/c1-29(2,3)24-7-5-23(6-8-24)25-19-27-28(34-18-15-30(27)4)20-26(25)32-13-11-31(12-14-32)21-22-9-16-33-17-10-22;/h19-20,22-24H,5-18,21H2,1-4H3;1H. The van der Waals surface area contributed by atoms with Gasteiger partial charge in [0.05, 0.1) is 12.2 Å². The zero-order valence-electron chi connectivity index (χ0n) is 22.6. The van der Waals surface area contributed by atoms with Crippen LogP contribution >= 0.6 is 12.4 Å². The Morgan fingerprint density at radius 3 is 2.17 bits per heavy atom. The first-order valence-electron chi connectivity index (χ1n) is 14.0. The molecule has 1 aromatic carbocycles. The summed E-state index contributed by atoms with van der Waals surface area (Å²) in [4.78, 5) is 7.76. The van der Waals surface area contributed by atoms with Gasteiger partial charge in [0, 0.05) is 64.7 Å². The Hall–Kier alpha value is -1.17. The van der Waals surface area contributed by atoms with E-state index in [1.54, 1.807) is 5.56 Å². The van der Waals surface area contributed by atoms with E-state index in [1.165, 1.54) is 69.5 Å². The van der Waals surface area contributed by atoms with Crippen LogP contribution in [0, 0.1) is 17.3 Å². The summed E-state index contributed by atoms with van der Waals surface area (Å²) in [6, 6.07) is 4.89. The van der Waals surface area contributed by atoms with Crippen molar-refractivity contribution in [2.24, 2.45) is 17.3 Å². The Morgan fingerprint density at radius 2 is 1.51 bits per heavy atom. The summed E-state index contributed by atoms with van der Waals surface area (Å²) in [7, 11) is 2.22. The van der Waals surface area contributed by atoms with Crippen molar-refractivity contribution in [2.45, 2.75) is 65.2 Å². The average Bonchev–Trinajstić information content (AvgIpc) is 2.84. The fourth-order valence-electron chi connectivity index (χ4n) is 6.74. The summed E-state index contributed by atoms with van der Waals surface area (Å²) < 4.78 is 11.7. The van der Waals surface area contributed by atoms with Crippen molar-refractivity contribution in [1.29, 1.82) is 0 Å². The van der Waals surface area contributed by atoms with Crippen LogP contribution in [-0.2, 0) is 4.74 Å². The lowest BCUT2D eigenvalue weighted by Gasteiger charge is -2.42. The van der Waals surface area contributed by atoms with Crippen molar-refractivity contribution in [3.05, 3.63) is 17.7 Å². The number of benzene rings is 1. The maximum Gasteiger partial charge on any atom is 0.144 e. The highest BCUT2D eigenvalue weighted by molar-refractivity contribution is 5.85. The predicted molar refractivity (Wildman–Crippen MR) is 149 cm³/mol. The van der Waals surface area contributed by atoms with Gasteiger partial charge in [0.25, 0.3) is 0 Å². The molecule has 3 aliphatic heterocycles. The van der Waals surface area contributed by atoms with Gasteiger partial charge in [-0.05, 0) is 73.3 Å². The highest BCUT2D eigenvalue weighted by Gasteiger charge is 2.33. The highest BCUT2D eigenvalue weighted by atomic mass is 35.5. The molecule has 1 saturated carbocycles. The number of fused-ring (bicyclic) bond motifs is 1. The molecule has 0 unspecified atom stereocenters. The Bertz CT molecular complexity index is 820. The van der Waals surface area contributed by atoms with E-state index in [1.807, 2.05) is 0 Å². The molecule has 0 radical (unpaired) electrons. The smallest absolute Gasteiger partial charge is 0.144 e. The SMILES string of the molecule is CN1CCOc2cc(N3CCN(CC4CCOCC4)CC3)c(C3CCC(C(C)(C)C)CC3)cc21.Cl. The largest absolute Gasteiger partial charge is 0.489 e. The van der Waals surface area contributed by atoms with Gasteiger partial charge in [-0.2, -0.15) is 0 Å². The second-order valence-corrected chi connectivity index (χ2v) is 12.4. The molecule has 3 heterocycles. The Balaban J connectivity index is 0.00000289. The first-order valence-corrected chi connectivity index (χ1v) is 14.0. The molecule has 1 aromatic rings. The van der Waals surface area contributed by atoms with Crippen LogP contribution in [0.5, 0.6) is 5.75 Å². The number of anilines is 2. The quantitative estimate of drug-likeness (QED) is 0.515. The molecule has 6 heteroatoms. The summed E-state index contributed by atoms with van der Waals surface area (Å²) in [6.07, 6.45) is 7.82. The monoisotopic (exact) mass is 505 g/mol. The first kappa shape index (κ1) is 26.9. The molecule has 2 saturated heterocycles. The van der Waals surface area contributed by atoms with Gasteiger partial charge in [-0.1, -0.05) is 20.8 Å². The lowest BCUT2D eigenvalue weighted by Crippen LogP contribution is -2.48. The number of likely N-dealkylation sites (N-methyl/N-ethyl adjacent to an activating group) is 1. The molecule has 35 heavy (non-hydrogen) atoms. The van der Waals surface area contributed by atoms with Crippen LogP contribution in [0.1, 0.15) is 70.8 Å². The molecule has 4 aliphatic rings. The van der Waals surface area contributed by atoms with E-state index in [9.17, 15) is 0 Å². The van der Waals surface area contributed by atoms with Gasteiger partial charge >= 0.3 is 0 Å². The number of piperazine rings is 1. The minimum Gasteiger partial charge on any atom is -0.489 e. The van der Waals surface area contributed by atoms with Crippen molar-refractivity contribution < 1.29 is 9.47 Å². The fraction of sp³-hybridized carbons (Fsp3) is 0.793. The van der Waals surface area contributed by atoms with Gasteiger partial charge in [-0.25, -0.2) is 0 Å². The first-order chi connectivity index (χ1) is 16.4. The van der Waals surface area contributed by atoms with Crippen LogP contribution in [0.25, 0.3) is 0 Å². The number of nitrogens with zero attached hydrogens (tertiary/aromatic N) is 3. The fourth-order valence-corrected chi connectivity index (χ4v) is 6.74. The van der Waals surface area contributed by atoms with E-state index in [0.29, 0.717) is 11.3 Å². The van der Waals surface area contributed by atoms with Crippen molar-refractivity contribution in [3.63, 3.8) is 0 Å². The minimum absolute atomic E-state index is 0. The molecule has 0 spiro atoms. The zero-order valence-corrected chi connectivity index (χ0v) is 23.4. The van der Waals surface area contributed by atoms with E-state index < -0.39 is 0 Å². The van der Waals surface area contributed by atoms with Crippen molar-refractivity contribution >= 4 is 23.8 Å². The molecule has 3 fully saturated rings. The normalized spacial score (nSPS) is 26.6. The Kier molecular flexibility index (Phi) is 8.82. The lowest BCUT2D eigenvalue weighted by molar-refractivity contribution is 0.0517. The number of hydrogen-bond donors (Lipinski definition) is 0. The second-order valence-electron chi connectivity index (χ2n) is 12.4. The van der Waals surface area contributed by atoms with Crippen molar-refractivity contribution in [3.8, 4) is 5.75 Å². The van der Waals surface area contributed by atoms with E-state index in [0.717, 1.165) is 57.0 Å². The maximum absolute atomic E-state index is 6.16. The minimum atomic E-state index is 0. The number of ether oxygens (including phenoxy) is 2. The summed E-state index contributed by atoms with van der Waals surface area (Å²) in [5, 5.41) is 0. The molecule has 0 amide bonds. The molecule has 0 N–H and O–H groups in total. The van der Waals surface area contributed by atoms with Crippen molar-refractivity contribution in [1.82, 2.24) is 4.90 Å². The summed E-state index contributed by atoms with van der Waals surface area (Å²) in [5.74, 6) is 3.43. The lowest BCUT2D eigenvalue weighted by atomic mass is 9.68. The van der Waals surface area contributed by atoms with Crippen LogP contribution in [0.2, 0.25) is 0 Å². The third-order valence-corrected chi connectivity index (χ3v) is 9.17. The van der Waals surface area contributed by atoms with E-state index in [4.69, 9.17) is 9.47 Å². The van der Waals surface area contributed by atoms with Gasteiger partial charge in [0.15, 0.2) is 0 Å². The van der Waals surface area contributed by atoms with E-state index >= 15 is 0 Å². The molecule has 198 valence electrons. The van der Waals surface area contributed by atoms with Gasteiger partial charge in [-0.3, -0.25) is 4.90 Å². The zero-order chi connectivity index (χ0) is 23.7. The topological polar surface area (TPSA) is 28.2 Å². The number of rotatable bonds is 4. The van der Waals surface area contributed by atoms with Crippen LogP contribution in [0.4, 0.5) is 11.4 Å². The molecule has 5 nitrogen and oxygen atoms in total. The molecular formula is C29H48ClN3O2. The molecule has 0 atom stereocenters. The predicted octanol–water partition coefficient (Wildman–Crippen LogP) is 5.81. The van der Waals surface area contributed by atoms with Gasteiger partial charge < -0.3 is 19.3 Å². The Labute approximate surface area is 219 Å². The van der Waals surface area contributed by atoms with E-state index in [-0.39, 0.29) is 12.4 Å². The van der Waals surface area contributed by atoms with Crippen LogP contribution < -0.4 is 14.5 Å². The van der Waals surface area contributed by atoms with Gasteiger partial charge in [0.2, 0.25) is 0 Å². The molecule has 0 aromatic heterocycles. The van der Waals surface area contributed by atoms with Crippen LogP contribution in [0.3, 0.4) is 0 Å². The highest BCUT2D eigenvalue weighted by Crippen LogP contribution is 2.48. The molecule has 5 rings (SSSR count). The molecule has 0 bridgehead atoms. The van der Waals surface area contributed by atoms with Gasteiger partial charge in [-0.15, -0.1) is 12.4 Å². The summed E-state index contributed by atoms with van der Waals surface area (Å²) in [6.45, 7) is 16.8. The van der Waals surface area contributed by atoms with Gasteiger partial charge in [0.1, 0.15) is 12.4 Å². The summed E-state index contributed by atoms with van der Waals surface area (Å²) in [5.41, 5.74) is 4.76. The average molecular weight is 506 g/mol. The van der Waals surface area contributed by atoms with Crippen LogP contribution in [-0.4, -0.2) is 71.0 Å². The second kappa shape index (κ2) is 11.5. The maximum atomic E-state index is 6.16. The summed E-state index contributed by atoms with van der Waals surface area (Å²) >= 11 is 0. The Morgan fingerprint density at radius 1 is 0.829 bits per heavy atom. The molecule has 1 aliphatic carbocycles. The van der Waals surface area contributed by atoms with E-state index in [2.05, 4.69) is 54.7 Å².